The molecular weight excluding hydrogens is 180 g/mol. The lowest BCUT2D eigenvalue weighted by molar-refractivity contribution is -0.147. The number of ether oxygens (including phenoxy) is 2. The Balaban J connectivity index is 1.84. The van der Waals surface area contributed by atoms with E-state index < -0.39 is 0 Å². The predicted molar refractivity (Wildman–Crippen MR) is 54.1 cm³/mol. The maximum Gasteiger partial charge on any atom is 0.306 e. The van der Waals surface area contributed by atoms with Gasteiger partial charge in [0, 0.05) is 6.42 Å². The van der Waals surface area contributed by atoms with Crippen LogP contribution in [0.3, 0.4) is 0 Å². The fourth-order valence-corrected chi connectivity index (χ4v) is 1.37. The molecule has 1 fully saturated rings. The molecule has 0 radical (unpaired) electrons. The first-order chi connectivity index (χ1) is 6.68. The maximum atomic E-state index is 11.1. The number of hydrogen-bond donors (Lipinski definition) is 0. The van der Waals surface area contributed by atoms with Crippen LogP contribution in [0.5, 0.6) is 0 Å². The number of carbonyl (C=O) groups excluding carboxylic acids is 1. The van der Waals surface area contributed by atoms with Gasteiger partial charge in [0.2, 0.25) is 0 Å². The van der Waals surface area contributed by atoms with Gasteiger partial charge in [0.1, 0.15) is 0 Å². The molecule has 0 aromatic heterocycles. The number of esters is 1. The molecule has 1 heterocycles. The molecule has 0 saturated carbocycles. The Kier molecular flexibility index (Phi) is 4.94. The second kappa shape index (κ2) is 6.02. The van der Waals surface area contributed by atoms with Crippen LogP contribution in [0.1, 0.15) is 46.0 Å². The van der Waals surface area contributed by atoms with Gasteiger partial charge in [0.25, 0.3) is 0 Å². The predicted octanol–water partition coefficient (Wildman–Crippen LogP) is 2.29. The molecule has 3 nitrogen and oxygen atoms in total. The Bertz CT molecular complexity index is 173. The van der Waals surface area contributed by atoms with Gasteiger partial charge in [-0.1, -0.05) is 12.8 Å². The van der Waals surface area contributed by atoms with Crippen molar-refractivity contribution < 1.29 is 14.3 Å². The highest BCUT2D eigenvalue weighted by Crippen LogP contribution is 2.17. The summed E-state index contributed by atoms with van der Waals surface area (Å²) in [6.45, 7) is 4.69. The summed E-state index contributed by atoms with van der Waals surface area (Å²) in [5.74, 6) is -0.0670. The molecular formula is C11H20O3. The van der Waals surface area contributed by atoms with Crippen molar-refractivity contribution in [2.24, 2.45) is 0 Å². The number of rotatable bonds is 7. The second-order valence-electron chi connectivity index (χ2n) is 4.09. The van der Waals surface area contributed by atoms with E-state index in [2.05, 4.69) is 0 Å². The first-order valence-corrected chi connectivity index (χ1v) is 5.49. The quantitative estimate of drug-likeness (QED) is 0.359. The standard InChI is InChI=1S/C11H20O3/c1-9(2)14-11(12)7-5-3-4-6-10-8-13-10/h9-10H,3-8H2,1-2H3. The molecule has 0 aliphatic carbocycles. The average Bonchev–Trinajstić information content (AvgIpc) is 2.86. The molecule has 1 rings (SSSR count). The van der Waals surface area contributed by atoms with Crippen LogP contribution in [0.4, 0.5) is 0 Å². The van der Waals surface area contributed by atoms with Crippen molar-refractivity contribution in [2.75, 3.05) is 6.61 Å². The molecule has 0 N–H and O–H groups in total. The average molecular weight is 200 g/mol. The fourth-order valence-electron chi connectivity index (χ4n) is 1.37. The molecule has 3 heteroatoms. The SMILES string of the molecule is CC(C)OC(=O)CCCCCC1CO1. The maximum absolute atomic E-state index is 11.1. The summed E-state index contributed by atoms with van der Waals surface area (Å²) < 4.78 is 10.1. The third-order valence-electron chi connectivity index (χ3n) is 2.18. The molecule has 0 aromatic rings. The molecule has 0 aromatic carbocycles. The molecule has 14 heavy (non-hydrogen) atoms. The first kappa shape index (κ1) is 11.5. The van der Waals surface area contributed by atoms with Crippen molar-refractivity contribution in [2.45, 2.75) is 58.2 Å². The van der Waals surface area contributed by atoms with E-state index in [9.17, 15) is 4.79 Å². The third kappa shape index (κ3) is 5.97. The van der Waals surface area contributed by atoms with Crippen LogP contribution in [-0.4, -0.2) is 24.8 Å². The van der Waals surface area contributed by atoms with Gasteiger partial charge < -0.3 is 9.47 Å². The molecule has 1 saturated heterocycles. The number of carbonyl (C=O) groups is 1. The molecule has 1 unspecified atom stereocenters. The van der Waals surface area contributed by atoms with E-state index in [0.717, 1.165) is 25.9 Å². The highest BCUT2D eigenvalue weighted by Gasteiger charge is 2.20. The number of hydrogen-bond acceptors (Lipinski definition) is 3. The Morgan fingerprint density at radius 2 is 2.14 bits per heavy atom. The third-order valence-corrected chi connectivity index (χ3v) is 2.18. The Hall–Kier alpha value is -0.570. The van der Waals surface area contributed by atoms with E-state index in [0.29, 0.717) is 12.5 Å². The number of epoxide rings is 1. The van der Waals surface area contributed by atoms with Crippen molar-refractivity contribution in [1.29, 1.82) is 0 Å². The zero-order valence-electron chi connectivity index (χ0n) is 9.12. The molecule has 82 valence electrons. The summed E-state index contributed by atoms with van der Waals surface area (Å²) >= 11 is 0. The fraction of sp³-hybridized carbons (Fsp3) is 0.909. The van der Waals surface area contributed by atoms with Gasteiger partial charge in [-0.15, -0.1) is 0 Å². The van der Waals surface area contributed by atoms with Gasteiger partial charge in [-0.25, -0.2) is 0 Å². The molecule has 1 aliphatic rings. The van der Waals surface area contributed by atoms with Crippen molar-refractivity contribution in [3.63, 3.8) is 0 Å². The summed E-state index contributed by atoms with van der Waals surface area (Å²) in [5, 5.41) is 0. The van der Waals surface area contributed by atoms with Crippen LogP contribution in [0.25, 0.3) is 0 Å². The van der Waals surface area contributed by atoms with Gasteiger partial charge in [0.15, 0.2) is 0 Å². The highest BCUT2D eigenvalue weighted by molar-refractivity contribution is 5.69. The topological polar surface area (TPSA) is 38.8 Å². The Labute approximate surface area is 85.8 Å². The Morgan fingerprint density at radius 1 is 1.43 bits per heavy atom. The van der Waals surface area contributed by atoms with Crippen LogP contribution >= 0.6 is 0 Å². The molecule has 1 aliphatic heterocycles. The van der Waals surface area contributed by atoms with E-state index in [1.807, 2.05) is 13.8 Å². The minimum absolute atomic E-state index is 0.0161. The first-order valence-electron chi connectivity index (χ1n) is 5.49. The Morgan fingerprint density at radius 3 is 2.71 bits per heavy atom. The van der Waals surface area contributed by atoms with Gasteiger partial charge in [-0.2, -0.15) is 0 Å². The zero-order chi connectivity index (χ0) is 10.4. The molecule has 0 amide bonds. The highest BCUT2D eigenvalue weighted by atomic mass is 16.6. The largest absolute Gasteiger partial charge is 0.463 e. The molecule has 0 spiro atoms. The van der Waals surface area contributed by atoms with Crippen LogP contribution in [0, 0.1) is 0 Å². The summed E-state index contributed by atoms with van der Waals surface area (Å²) in [5.41, 5.74) is 0. The lowest BCUT2D eigenvalue weighted by atomic mass is 10.1. The van der Waals surface area contributed by atoms with E-state index in [1.165, 1.54) is 6.42 Å². The molecule has 1 atom stereocenters. The summed E-state index contributed by atoms with van der Waals surface area (Å²) in [4.78, 5) is 11.1. The summed E-state index contributed by atoms with van der Waals surface area (Å²) in [6, 6.07) is 0. The monoisotopic (exact) mass is 200 g/mol. The van der Waals surface area contributed by atoms with Crippen molar-refractivity contribution in [3.05, 3.63) is 0 Å². The second-order valence-corrected chi connectivity index (χ2v) is 4.09. The van der Waals surface area contributed by atoms with Crippen molar-refractivity contribution in [1.82, 2.24) is 0 Å². The minimum Gasteiger partial charge on any atom is -0.463 e. The van der Waals surface area contributed by atoms with E-state index in [1.54, 1.807) is 0 Å². The van der Waals surface area contributed by atoms with Gasteiger partial charge in [-0.05, 0) is 26.7 Å². The van der Waals surface area contributed by atoms with Gasteiger partial charge in [0.05, 0.1) is 18.8 Å². The minimum atomic E-state index is -0.0670. The van der Waals surface area contributed by atoms with E-state index >= 15 is 0 Å². The van der Waals surface area contributed by atoms with Crippen LogP contribution in [0.15, 0.2) is 0 Å². The van der Waals surface area contributed by atoms with Crippen molar-refractivity contribution in [3.8, 4) is 0 Å². The lowest BCUT2D eigenvalue weighted by Gasteiger charge is -2.07. The number of unbranched alkanes of at least 4 members (excludes halogenated alkanes) is 2. The van der Waals surface area contributed by atoms with E-state index in [-0.39, 0.29) is 12.1 Å². The summed E-state index contributed by atoms with van der Waals surface area (Å²) in [7, 11) is 0. The lowest BCUT2D eigenvalue weighted by Crippen LogP contribution is -2.10. The van der Waals surface area contributed by atoms with Crippen molar-refractivity contribution >= 4 is 5.97 Å². The zero-order valence-corrected chi connectivity index (χ0v) is 9.12. The van der Waals surface area contributed by atoms with Crippen LogP contribution < -0.4 is 0 Å². The summed E-state index contributed by atoms with van der Waals surface area (Å²) in [6.07, 6.45) is 5.47. The van der Waals surface area contributed by atoms with E-state index in [4.69, 9.17) is 9.47 Å². The smallest absolute Gasteiger partial charge is 0.306 e. The van der Waals surface area contributed by atoms with Gasteiger partial charge >= 0.3 is 5.97 Å². The van der Waals surface area contributed by atoms with Gasteiger partial charge in [-0.3, -0.25) is 4.79 Å². The molecule has 0 bridgehead atoms. The normalized spacial score (nSPS) is 19.8. The van der Waals surface area contributed by atoms with Crippen LogP contribution in [0.2, 0.25) is 0 Å². The van der Waals surface area contributed by atoms with Crippen LogP contribution in [-0.2, 0) is 14.3 Å².